The lowest BCUT2D eigenvalue weighted by molar-refractivity contribution is -0.384. The minimum atomic E-state index is -4.46. The van der Waals surface area contributed by atoms with Gasteiger partial charge in [0.2, 0.25) is 0 Å². The van der Waals surface area contributed by atoms with E-state index < -0.39 is 16.7 Å². The van der Waals surface area contributed by atoms with Crippen LogP contribution < -0.4 is 19.8 Å². The molecule has 0 fully saturated rings. The first-order chi connectivity index (χ1) is 14.2. The van der Waals surface area contributed by atoms with Crippen LogP contribution in [-0.4, -0.2) is 16.2 Å². The molecule has 154 valence electrons. The molecule has 0 amide bonds. The largest absolute Gasteiger partial charge is 0.416 e. The highest BCUT2D eigenvalue weighted by atomic mass is 32.1. The molecule has 0 spiro atoms. The van der Waals surface area contributed by atoms with E-state index in [0.717, 1.165) is 23.5 Å². The molecule has 11 heteroatoms. The Morgan fingerprint density at radius 2 is 1.90 bits per heavy atom. The minimum Gasteiger partial charge on any atom is -0.334 e. The van der Waals surface area contributed by atoms with Gasteiger partial charge in [-0.1, -0.05) is 17.4 Å². The molecule has 1 aliphatic rings. The molecule has 7 nitrogen and oxygen atoms in total. The van der Waals surface area contributed by atoms with Crippen molar-refractivity contribution in [3.8, 4) is 0 Å². The van der Waals surface area contributed by atoms with Crippen molar-refractivity contribution in [1.82, 2.24) is 4.57 Å². The molecule has 1 aromatic heterocycles. The molecule has 1 aliphatic heterocycles. The van der Waals surface area contributed by atoms with Gasteiger partial charge in [0, 0.05) is 17.8 Å². The third-order valence-electron chi connectivity index (χ3n) is 4.52. The first kappa shape index (κ1) is 19.8. The first-order valence-electron chi connectivity index (χ1n) is 8.65. The van der Waals surface area contributed by atoms with Crippen LogP contribution in [-0.2, 0) is 12.8 Å². The summed E-state index contributed by atoms with van der Waals surface area (Å²) < 4.78 is 40.7. The van der Waals surface area contributed by atoms with Crippen LogP contribution in [0.3, 0.4) is 0 Å². The average molecular weight is 434 g/mol. The second kappa shape index (κ2) is 7.41. The second-order valence-electron chi connectivity index (χ2n) is 6.50. The monoisotopic (exact) mass is 434 g/mol. The van der Waals surface area contributed by atoms with Crippen LogP contribution in [0.1, 0.15) is 11.1 Å². The third kappa shape index (κ3) is 3.83. The molecule has 0 unspecified atom stereocenters. The average Bonchev–Trinajstić information content (AvgIpc) is 3.03. The van der Waals surface area contributed by atoms with Crippen molar-refractivity contribution >= 4 is 28.8 Å². The third-order valence-corrected chi connectivity index (χ3v) is 5.56. The highest BCUT2D eigenvalue weighted by molar-refractivity contribution is 7.07. The molecular weight excluding hydrogens is 421 g/mol. The maximum Gasteiger partial charge on any atom is 0.416 e. The highest BCUT2D eigenvalue weighted by Gasteiger charge is 2.31. The Morgan fingerprint density at radius 1 is 1.17 bits per heavy atom. The summed E-state index contributed by atoms with van der Waals surface area (Å²) in [7, 11) is 0. The molecule has 30 heavy (non-hydrogen) atoms. The number of anilines is 1. The van der Waals surface area contributed by atoms with Crippen LogP contribution in [0, 0.1) is 10.1 Å². The maximum atomic E-state index is 13.0. The molecule has 0 radical (unpaired) electrons. The Morgan fingerprint density at radius 3 is 2.57 bits per heavy atom. The minimum absolute atomic E-state index is 0.0546. The van der Waals surface area contributed by atoms with Gasteiger partial charge in [-0.15, -0.1) is 0 Å². The molecule has 2 heterocycles. The summed E-state index contributed by atoms with van der Waals surface area (Å²) >= 11 is 1.16. The topological polar surface area (TPSA) is 80.7 Å². The van der Waals surface area contributed by atoms with E-state index in [9.17, 15) is 28.1 Å². The standard InChI is InChI=1S/C19H13F3N4O3S/c20-19(21,22)13-2-1-3-15(9-13)24-10-23-18-25(11-24)17(27)16(30-18)8-12-4-6-14(7-5-12)26(28)29/h1-9H,10-11H2. The summed E-state index contributed by atoms with van der Waals surface area (Å²) in [5.41, 5.74) is -0.213. The number of rotatable bonds is 3. The number of halogens is 3. The number of benzene rings is 2. The van der Waals surface area contributed by atoms with Crippen molar-refractivity contribution < 1.29 is 18.1 Å². The normalized spacial score (nSPS) is 14.4. The molecule has 0 bridgehead atoms. The summed E-state index contributed by atoms with van der Waals surface area (Å²) in [4.78, 5) is 29.4. The lowest BCUT2D eigenvalue weighted by Gasteiger charge is -2.26. The molecule has 0 atom stereocenters. The molecule has 0 saturated carbocycles. The van der Waals surface area contributed by atoms with E-state index in [4.69, 9.17) is 0 Å². The lowest BCUT2D eigenvalue weighted by Crippen LogP contribution is -2.42. The van der Waals surface area contributed by atoms with E-state index in [2.05, 4.69) is 4.99 Å². The van der Waals surface area contributed by atoms with E-state index in [1.165, 1.54) is 41.0 Å². The second-order valence-corrected chi connectivity index (χ2v) is 7.51. The van der Waals surface area contributed by atoms with Crippen LogP contribution >= 0.6 is 11.3 Å². The van der Waals surface area contributed by atoms with Crippen LogP contribution in [0.15, 0.2) is 58.3 Å². The first-order valence-corrected chi connectivity index (χ1v) is 9.46. The van der Waals surface area contributed by atoms with Gasteiger partial charge in [0.25, 0.3) is 11.2 Å². The van der Waals surface area contributed by atoms with Crippen LogP contribution in [0.5, 0.6) is 0 Å². The molecule has 4 rings (SSSR count). The van der Waals surface area contributed by atoms with E-state index >= 15 is 0 Å². The Labute approximate surface area is 170 Å². The lowest BCUT2D eigenvalue weighted by atomic mass is 10.2. The Kier molecular flexibility index (Phi) is 4.90. The van der Waals surface area contributed by atoms with Gasteiger partial charge in [-0.2, -0.15) is 13.2 Å². The molecule has 0 aliphatic carbocycles. The predicted octanol–water partition coefficient (Wildman–Crippen LogP) is 2.72. The zero-order chi connectivity index (χ0) is 21.5. The van der Waals surface area contributed by atoms with Gasteiger partial charge in [-0.05, 0) is 42.0 Å². The van der Waals surface area contributed by atoms with Crippen molar-refractivity contribution in [3.63, 3.8) is 0 Å². The zero-order valence-corrected chi connectivity index (χ0v) is 16.0. The van der Waals surface area contributed by atoms with Crippen molar-refractivity contribution in [3.05, 3.63) is 89.5 Å². The smallest absolute Gasteiger partial charge is 0.334 e. The molecular formula is C19H13F3N4O3S. The van der Waals surface area contributed by atoms with E-state index in [-0.39, 0.29) is 24.6 Å². The number of hydrogen-bond donors (Lipinski definition) is 0. The summed E-state index contributed by atoms with van der Waals surface area (Å²) in [6.07, 6.45) is -2.85. The summed E-state index contributed by atoms with van der Waals surface area (Å²) in [6, 6.07) is 10.6. The van der Waals surface area contributed by atoms with Crippen molar-refractivity contribution in [2.24, 2.45) is 4.99 Å². The summed E-state index contributed by atoms with van der Waals surface area (Å²) in [5, 5.41) is 10.7. The molecule has 0 saturated heterocycles. The van der Waals surface area contributed by atoms with Gasteiger partial charge in [-0.25, -0.2) is 4.99 Å². The van der Waals surface area contributed by atoms with E-state index in [1.54, 1.807) is 11.0 Å². The number of nitro benzene ring substituents is 1. The van der Waals surface area contributed by atoms with E-state index in [1.807, 2.05) is 0 Å². The van der Waals surface area contributed by atoms with E-state index in [0.29, 0.717) is 20.6 Å². The summed E-state index contributed by atoms with van der Waals surface area (Å²) in [6.45, 7) is 0.196. The number of non-ortho nitro benzene ring substituents is 1. The van der Waals surface area contributed by atoms with Gasteiger partial charge >= 0.3 is 6.18 Å². The number of nitro groups is 1. The fourth-order valence-electron chi connectivity index (χ4n) is 3.00. The number of alkyl halides is 3. The molecule has 3 aromatic rings. The van der Waals surface area contributed by atoms with Crippen LogP contribution in [0.2, 0.25) is 0 Å². The van der Waals surface area contributed by atoms with Gasteiger partial charge < -0.3 is 4.90 Å². The quantitative estimate of drug-likeness (QED) is 0.469. The van der Waals surface area contributed by atoms with Gasteiger partial charge in [0.15, 0.2) is 4.80 Å². The number of aromatic nitrogens is 1. The van der Waals surface area contributed by atoms with Gasteiger partial charge in [-0.3, -0.25) is 19.5 Å². The predicted molar refractivity (Wildman–Crippen MR) is 105 cm³/mol. The summed E-state index contributed by atoms with van der Waals surface area (Å²) in [5.74, 6) is 0. The zero-order valence-electron chi connectivity index (χ0n) is 15.2. The Hall–Kier alpha value is -3.47. The number of hydrogen-bond acceptors (Lipinski definition) is 6. The highest BCUT2D eigenvalue weighted by Crippen LogP contribution is 2.31. The Balaban J connectivity index is 1.65. The van der Waals surface area contributed by atoms with Crippen LogP contribution in [0.25, 0.3) is 6.08 Å². The van der Waals surface area contributed by atoms with Gasteiger partial charge in [0.1, 0.15) is 13.3 Å². The fourth-order valence-corrected chi connectivity index (χ4v) is 3.96. The molecule has 0 N–H and O–H groups in total. The van der Waals surface area contributed by atoms with Crippen molar-refractivity contribution in [2.75, 3.05) is 11.6 Å². The number of nitrogens with zero attached hydrogens (tertiary/aromatic N) is 4. The van der Waals surface area contributed by atoms with Crippen LogP contribution in [0.4, 0.5) is 24.5 Å². The SMILES string of the molecule is O=c1c(=Cc2ccc([N+](=O)[O-])cc2)sc2n1CN(c1cccc(C(F)(F)F)c1)CN=2. The number of fused-ring (bicyclic) bond motifs is 1. The van der Waals surface area contributed by atoms with Gasteiger partial charge in [0.05, 0.1) is 15.0 Å². The van der Waals surface area contributed by atoms with Crippen molar-refractivity contribution in [1.29, 1.82) is 0 Å². The Bertz CT molecular complexity index is 1300. The fraction of sp³-hybridized carbons (Fsp3) is 0.158. The number of thiazole rings is 1. The van der Waals surface area contributed by atoms with Crippen molar-refractivity contribution in [2.45, 2.75) is 12.8 Å². The molecule has 2 aromatic carbocycles. The maximum absolute atomic E-state index is 13.0.